The molecule has 0 aromatic heterocycles. The molecule has 0 saturated heterocycles. The Morgan fingerprint density at radius 1 is 0.268 bits per heavy atom. The Labute approximate surface area is 508 Å². The maximum Gasteiger partial charge on any atom is 0.309 e. The minimum Gasteiger partial charge on any atom is -0.462 e. The maximum atomic E-state index is 12.9. The van der Waals surface area contributed by atoms with Crippen molar-refractivity contribution in [1.82, 2.24) is 0 Å². The maximum absolute atomic E-state index is 12.9. The molecule has 6 nitrogen and oxygen atoms in total. The second kappa shape index (κ2) is 69.6. The first kappa shape index (κ1) is 78.1. The fraction of sp³-hybridized carbons (Fsp3) is 0.724. The van der Waals surface area contributed by atoms with Gasteiger partial charge in [-0.2, -0.15) is 0 Å². The SMILES string of the molecule is CC/C=C\C/C=C\C/C=C\C/C=C\C/C=C\CC(=O)OCC(COC(=O)CCCCCCCCCCCCCCCC/C=C\C/C=C\C/C=C\C/C=C\CC)OC(=O)CCCCCCCCCCCCCCCCCCCCCCCC. The summed E-state index contributed by atoms with van der Waals surface area (Å²) in [5.74, 6) is -1.02. The molecule has 0 aliphatic heterocycles. The summed E-state index contributed by atoms with van der Waals surface area (Å²) in [7, 11) is 0. The van der Waals surface area contributed by atoms with E-state index in [-0.39, 0.29) is 31.6 Å². The Kier molecular flexibility index (Phi) is 66.2. The van der Waals surface area contributed by atoms with Gasteiger partial charge >= 0.3 is 17.9 Å². The number of hydrogen-bond donors (Lipinski definition) is 0. The first-order chi connectivity index (χ1) is 40.5. The van der Waals surface area contributed by atoms with Gasteiger partial charge in [-0.1, -0.05) is 342 Å². The van der Waals surface area contributed by atoms with Gasteiger partial charge in [0.1, 0.15) is 13.2 Å². The number of allylic oxidation sites excluding steroid dienone is 17. The van der Waals surface area contributed by atoms with Crippen molar-refractivity contribution in [3.8, 4) is 0 Å². The van der Waals surface area contributed by atoms with Crippen LogP contribution in [0.1, 0.15) is 335 Å². The van der Waals surface area contributed by atoms with Crippen LogP contribution in [0.25, 0.3) is 0 Å². The van der Waals surface area contributed by atoms with E-state index in [0.717, 1.165) is 96.3 Å². The highest BCUT2D eigenvalue weighted by molar-refractivity contribution is 5.72. The molecule has 0 fully saturated rings. The molecule has 0 spiro atoms. The van der Waals surface area contributed by atoms with Crippen molar-refractivity contribution in [2.75, 3.05) is 13.2 Å². The Balaban J connectivity index is 4.34. The van der Waals surface area contributed by atoms with E-state index in [1.807, 2.05) is 12.2 Å². The van der Waals surface area contributed by atoms with Crippen LogP contribution in [0.5, 0.6) is 0 Å². The van der Waals surface area contributed by atoms with E-state index < -0.39 is 12.1 Å². The van der Waals surface area contributed by atoms with E-state index in [4.69, 9.17) is 14.2 Å². The molecule has 0 bridgehead atoms. The molecule has 0 aliphatic rings. The highest BCUT2D eigenvalue weighted by Crippen LogP contribution is 2.18. The molecule has 0 aliphatic carbocycles. The number of carbonyl (C=O) groups excluding carboxylic acids is 3. The molecule has 82 heavy (non-hydrogen) atoms. The van der Waals surface area contributed by atoms with Crippen molar-refractivity contribution in [1.29, 1.82) is 0 Å². The normalized spacial score (nSPS) is 12.8. The second-order valence-corrected chi connectivity index (χ2v) is 23.1. The fourth-order valence-corrected chi connectivity index (χ4v) is 9.92. The van der Waals surface area contributed by atoms with Gasteiger partial charge in [0.15, 0.2) is 6.10 Å². The van der Waals surface area contributed by atoms with Gasteiger partial charge in [0.05, 0.1) is 6.42 Å². The van der Waals surface area contributed by atoms with E-state index in [0.29, 0.717) is 12.8 Å². The van der Waals surface area contributed by atoms with E-state index >= 15 is 0 Å². The van der Waals surface area contributed by atoms with Gasteiger partial charge in [0.25, 0.3) is 0 Å². The summed E-state index contributed by atoms with van der Waals surface area (Å²) in [6.45, 7) is 6.37. The Morgan fingerprint density at radius 2 is 0.524 bits per heavy atom. The number of unbranched alkanes of at least 4 members (excludes halogenated alkanes) is 35. The van der Waals surface area contributed by atoms with Crippen LogP contribution in [0.4, 0.5) is 0 Å². The fourth-order valence-electron chi connectivity index (χ4n) is 9.92. The average molecular weight is 1140 g/mol. The second-order valence-electron chi connectivity index (χ2n) is 23.1. The molecule has 0 heterocycles. The highest BCUT2D eigenvalue weighted by atomic mass is 16.6. The van der Waals surface area contributed by atoms with Crippen molar-refractivity contribution in [3.05, 3.63) is 109 Å². The minimum absolute atomic E-state index is 0.106. The van der Waals surface area contributed by atoms with Crippen molar-refractivity contribution in [2.45, 2.75) is 341 Å². The van der Waals surface area contributed by atoms with Crippen molar-refractivity contribution >= 4 is 17.9 Å². The monoisotopic (exact) mass is 1140 g/mol. The van der Waals surface area contributed by atoms with Gasteiger partial charge in [0, 0.05) is 12.8 Å². The first-order valence-corrected chi connectivity index (χ1v) is 34.9. The number of ether oxygens (including phenoxy) is 3. The van der Waals surface area contributed by atoms with Crippen LogP contribution in [-0.4, -0.2) is 37.2 Å². The van der Waals surface area contributed by atoms with E-state index in [1.54, 1.807) is 0 Å². The van der Waals surface area contributed by atoms with Crippen molar-refractivity contribution < 1.29 is 28.6 Å². The summed E-state index contributed by atoms with van der Waals surface area (Å²) in [5, 5.41) is 0. The molecule has 0 saturated carbocycles. The zero-order valence-corrected chi connectivity index (χ0v) is 54.0. The third kappa shape index (κ3) is 66.9. The summed E-state index contributed by atoms with van der Waals surface area (Å²) in [6, 6.07) is 0. The standard InChI is InChI=1S/C76H130O6/c1-4-7-10-13-16-19-22-25-28-30-32-34-36-37-38-39-40-42-43-45-48-51-54-57-60-63-66-69-75(78)81-72-73(71-80-74(77)68-65-62-59-56-53-50-47-27-24-21-18-15-12-9-6-3)82-76(79)70-67-64-61-58-55-52-49-46-44-41-35-33-31-29-26-23-20-17-14-11-8-5-2/h7,9-10,12,16,18-19,21,25,27-28,32,34,47,53,56,62,65,73H,4-6,8,11,13-15,17,20,22-24,26,29-31,33,35-46,48-52,54-55,57-61,63-64,66-72H2,1-3H3/b10-7-,12-9-,19-16-,21-18-,28-25-,34-32-,47-27-,56-53-,65-62-. The van der Waals surface area contributed by atoms with E-state index in [9.17, 15) is 14.4 Å². The number of rotatable bonds is 63. The lowest BCUT2D eigenvalue weighted by atomic mass is 10.0. The summed E-state index contributed by atoms with van der Waals surface area (Å²) in [4.78, 5) is 38.4. The van der Waals surface area contributed by atoms with E-state index in [2.05, 4.69) is 118 Å². The average Bonchev–Trinajstić information content (AvgIpc) is 3.48. The van der Waals surface area contributed by atoms with Crippen molar-refractivity contribution in [2.24, 2.45) is 0 Å². The number of carbonyl (C=O) groups is 3. The molecule has 0 amide bonds. The summed E-state index contributed by atoms with van der Waals surface area (Å²) < 4.78 is 16.9. The largest absolute Gasteiger partial charge is 0.462 e. The Hall–Kier alpha value is -3.93. The molecule has 0 rings (SSSR count). The number of esters is 3. The zero-order valence-electron chi connectivity index (χ0n) is 54.0. The molecular formula is C76H130O6. The van der Waals surface area contributed by atoms with Crippen LogP contribution < -0.4 is 0 Å². The van der Waals surface area contributed by atoms with Crippen molar-refractivity contribution in [3.63, 3.8) is 0 Å². The molecule has 0 aromatic rings. The van der Waals surface area contributed by atoms with Crippen LogP contribution in [0.15, 0.2) is 109 Å². The Morgan fingerprint density at radius 3 is 0.854 bits per heavy atom. The lowest BCUT2D eigenvalue weighted by Gasteiger charge is -2.18. The topological polar surface area (TPSA) is 78.9 Å². The summed E-state index contributed by atoms with van der Waals surface area (Å²) in [5.41, 5.74) is 0. The van der Waals surface area contributed by atoms with Crippen LogP contribution >= 0.6 is 0 Å². The molecule has 1 unspecified atom stereocenters. The lowest BCUT2D eigenvalue weighted by molar-refractivity contribution is -0.166. The predicted octanol–water partition coefficient (Wildman–Crippen LogP) is 24.2. The first-order valence-electron chi connectivity index (χ1n) is 34.9. The van der Waals surface area contributed by atoms with Crippen LogP contribution in [0.3, 0.4) is 0 Å². The molecule has 1 atom stereocenters. The zero-order chi connectivity index (χ0) is 59.2. The van der Waals surface area contributed by atoms with Gasteiger partial charge in [-0.15, -0.1) is 0 Å². The Bertz CT molecular complexity index is 1640. The van der Waals surface area contributed by atoms with Gasteiger partial charge in [-0.05, 0) is 83.5 Å². The van der Waals surface area contributed by atoms with Gasteiger partial charge in [-0.3, -0.25) is 14.4 Å². The molecule has 0 radical (unpaired) electrons. The lowest BCUT2D eigenvalue weighted by Crippen LogP contribution is -2.30. The van der Waals surface area contributed by atoms with Gasteiger partial charge < -0.3 is 14.2 Å². The van der Waals surface area contributed by atoms with Crippen LogP contribution in [0.2, 0.25) is 0 Å². The van der Waals surface area contributed by atoms with E-state index in [1.165, 1.54) is 199 Å². The molecule has 6 heteroatoms. The van der Waals surface area contributed by atoms with Gasteiger partial charge in [-0.25, -0.2) is 0 Å². The van der Waals surface area contributed by atoms with Crippen LogP contribution in [-0.2, 0) is 28.6 Å². The minimum atomic E-state index is -0.819. The third-order valence-electron chi connectivity index (χ3n) is 15.1. The summed E-state index contributed by atoms with van der Waals surface area (Å²) >= 11 is 0. The van der Waals surface area contributed by atoms with Gasteiger partial charge in [0.2, 0.25) is 0 Å². The number of hydrogen-bond acceptors (Lipinski definition) is 6. The molecule has 0 aromatic carbocycles. The smallest absolute Gasteiger partial charge is 0.309 e. The molecule has 470 valence electrons. The molecule has 0 N–H and O–H groups in total. The third-order valence-corrected chi connectivity index (χ3v) is 15.1. The predicted molar refractivity (Wildman–Crippen MR) is 357 cm³/mol. The highest BCUT2D eigenvalue weighted by Gasteiger charge is 2.19. The summed E-state index contributed by atoms with van der Waals surface area (Å²) in [6.07, 6.45) is 95.7. The molecular weight excluding hydrogens is 1010 g/mol. The van der Waals surface area contributed by atoms with Crippen LogP contribution in [0, 0.1) is 0 Å². The quantitative estimate of drug-likeness (QED) is 0.0261.